The third kappa shape index (κ3) is 1.34. The summed E-state index contributed by atoms with van der Waals surface area (Å²) in [6, 6.07) is -1.11. The smallest absolute Gasteiger partial charge is 0.322 e. The maximum atomic E-state index is 11.6. The van der Waals surface area contributed by atoms with Crippen molar-refractivity contribution in [3.63, 3.8) is 0 Å². The lowest BCUT2D eigenvalue weighted by Gasteiger charge is -2.27. The molecule has 0 aromatic rings. The topological polar surface area (TPSA) is 74.7 Å². The van der Waals surface area contributed by atoms with Crippen LogP contribution in [0.3, 0.4) is 0 Å². The van der Waals surface area contributed by atoms with Crippen LogP contribution in [0.25, 0.3) is 0 Å². The van der Waals surface area contributed by atoms with Gasteiger partial charge < -0.3 is 5.11 Å². The third-order valence-electron chi connectivity index (χ3n) is 2.64. The second-order valence-corrected chi connectivity index (χ2v) is 5.45. The Morgan fingerprint density at radius 1 is 1.43 bits per heavy atom. The maximum absolute atomic E-state index is 11.6. The van der Waals surface area contributed by atoms with Crippen molar-refractivity contribution in [2.75, 3.05) is 5.75 Å². The van der Waals surface area contributed by atoms with Crippen LogP contribution in [0, 0.1) is 0 Å². The summed E-state index contributed by atoms with van der Waals surface area (Å²) in [5.41, 5.74) is 0. The zero-order valence-corrected chi connectivity index (χ0v) is 8.27. The van der Waals surface area contributed by atoms with Crippen molar-refractivity contribution < 1.29 is 18.3 Å². The average Bonchev–Trinajstić information content (AvgIpc) is 2.48. The normalized spacial score (nSPS) is 35.4. The zero-order valence-electron chi connectivity index (χ0n) is 7.46. The van der Waals surface area contributed by atoms with Gasteiger partial charge in [-0.25, -0.2) is 8.42 Å². The van der Waals surface area contributed by atoms with Gasteiger partial charge >= 0.3 is 5.97 Å². The van der Waals surface area contributed by atoms with E-state index in [4.69, 9.17) is 5.11 Å². The molecule has 0 spiro atoms. The Kier molecular flexibility index (Phi) is 2.11. The minimum atomic E-state index is -3.39. The van der Waals surface area contributed by atoms with Gasteiger partial charge in [0.2, 0.25) is 10.0 Å². The average molecular weight is 217 g/mol. The maximum Gasteiger partial charge on any atom is 0.322 e. The van der Waals surface area contributed by atoms with Crippen LogP contribution in [-0.2, 0) is 14.8 Å². The van der Waals surface area contributed by atoms with E-state index in [1.54, 1.807) is 12.2 Å². The molecule has 14 heavy (non-hydrogen) atoms. The molecule has 0 bridgehead atoms. The monoisotopic (exact) mass is 217 g/mol. The van der Waals surface area contributed by atoms with Gasteiger partial charge in [0.05, 0.1) is 5.75 Å². The third-order valence-corrected chi connectivity index (χ3v) is 4.42. The van der Waals surface area contributed by atoms with Crippen LogP contribution in [0.2, 0.25) is 0 Å². The van der Waals surface area contributed by atoms with Gasteiger partial charge in [-0.15, -0.1) is 0 Å². The summed E-state index contributed by atoms with van der Waals surface area (Å²) in [6.07, 6.45) is 4.39. The molecule has 0 aromatic heterocycles. The highest BCUT2D eigenvalue weighted by Gasteiger charge is 2.44. The number of carboxylic acid groups (broad SMARTS) is 1. The van der Waals surface area contributed by atoms with E-state index in [0.717, 1.165) is 4.31 Å². The highest BCUT2D eigenvalue weighted by atomic mass is 32.2. The van der Waals surface area contributed by atoms with Gasteiger partial charge in [-0.3, -0.25) is 4.79 Å². The lowest BCUT2D eigenvalue weighted by molar-refractivity contribution is -0.140. The summed E-state index contributed by atoms with van der Waals surface area (Å²) in [7, 11) is -3.39. The summed E-state index contributed by atoms with van der Waals surface area (Å²) in [6.45, 7) is 0. The van der Waals surface area contributed by atoms with Gasteiger partial charge in [0, 0.05) is 6.04 Å². The summed E-state index contributed by atoms with van der Waals surface area (Å²) in [4.78, 5) is 10.8. The molecule has 0 radical (unpaired) electrons. The molecular formula is C8H11NO4S. The second kappa shape index (κ2) is 3.06. The van der Waals surface area contributed by atoms with Crippen molar-refractivity contribution in [3.8, 4) is 0 Å². The molecule has 1 saturated heterocycles. The number of rotatable bonds is 1. The Balaban J connectivity index is 2.39. The number of hydrogen-bond donors (Lipinski definition) is 1. The lowest BCUT2D eigenvalue weighted by Crippen LogP contribution is -2.46. The van der Waals surface area contributed by atoms with E-state index in [1.165, 1.54) is 0 Å². The van der Waals surface area contributed by atoms with Crippen LogP contribution >= 0.6 is 0 Å². The van der Waals surface area contributed by atoms with Gasteiger partial charge in [0.1, 0.15) is 6.04 Å². The Labute approximate surface area is 82.1 Å². The Morgan fingerprint density at radius 3 is 2.79 bits per heavy atom. The van der Waals surface area contributed by atoms with Crippen molar-refractivity contribution in [1.82, 2.24) is 4.31 Å². The van der Waals surface area contributed by atoms with Crippen LogP contribution < -0.4 is 0 Å². The highest BCUT2D eigenvalue weighted by molar-refractivity contribution is 7.89. The molecular weight excluding hydrogens is 206 g/mol. The fraction of sp³-hybridized carbons (Fsp3) is 0.625. The highest BCUT2D eigenvalue weighted by Crippen LogP contribution is 2.31. The molecule has 0 saturated carbocycles. The molecule has 0 unspecified atom stereocenters. The Hall–Kier alpha value is -0.880. The molecule has 2 rings (SSSR count). The minimum absolute atomic E-state index is 0.0761. The molecule has 0 aromatic carbocycles. The van der Waals surface area contributed by atoms with Gasteiger partial charge in [0.25, 0.3) is 0 Å². The fourth-order valence-electron chi connectivity index (χ4n) is 2.05. The van der Waals surface area contributed by atoms with Gasteiger partial charge in [-0.05, 0) is 12.8 Å². The van der Waals surface area contributed by atoms with E-state index in [2.05, 4.69) is 0 Å². The number of aliphatic carboxylic acids is 1. The fourth-order valence-corrected chi connectivity index (χ4v) is 3.75. The van der Waals surface area contributed by atoms with Crippen molar-refractivity contribution in [1.29, 1.82) is 0 Å². The number of sulfonamides is 1. The number of carbonyl (C=O) groups is 1. The van der Waals surface area contributed by atoms with E-state index in [9.17, 15) is 13.2 Å². The molecule has 2 atom stereocenters. The number of fused-ring (bicyclic) bond motifs is 1. The Morgan fingerprint density at radius 2 is 2.14 bits per heavy atom. The predicted octanol–water partition coefficient (Wildman–Crippen LogP) is -0.196. The second-order valence-electron chi connectivity index (χ2n) is 3.54. The number of hydrogen-bond acceptors (Lipinski definition) is 3. The molecule has 0 amide bonds. The standard InChI is InChI=1S/C8H11NO4S/c10-8(11)7-4-3-6-2-1-5-14(12,13)9(6)7/h1-2,6-7H,3-5H2,(H,10,11)/t6-,7+/m1/s1. The summed E-state index contributed by atoms with van der Waals surface area (Å²) in [5, 5.41) is 8.85. The molecule has 1 N–H and O–H groups in total. The minimum Gasteiger partial charge on any atom is -0.480 e. The van der Waals surface area contributed by atoms with Crippen molar-refractivity contribution >= 4 is 16.0 Å². The van der Waals surface area contributed by atoms with E-state index in [1.807, 2.05) is 0 Å². The molecule has 0 aliphatic carbocycles. The van der Waals surface area contributed by atoms with E-state index in [-0.39, 0.29) is 11.8 Å². The summed E-state index contributed by atoms with van der Waals surface area (Å²) >= 11 is 0. The van der Waals surface area contributed by atoms with Crippen LogP contribution in [0.15, 0.2) is 12.2 Å². The largest absolute Gasteiger partial charge is 0.480 e. The molecule has 2 aliphatic rings. The van der Waals surface area contributed by atoms with Gasteiger partial charge in [-0.1, -0.05) is 12.2 Å². The molecule has 5 nitrogen and oxygen atoms in total. The first-order valence-corrected chi connectivity index (χ1v) is 6.04. The van der Waals surface area contributed by atoms with Crippen LogP contribution in [0.5, 0.6) is 0 Å². The van der Waals surface area contributed by atoms with E-state index < -0.39 is 22.0 Å². The van der Waals surface area contributed by atoms with E-state index in [0.29, 0.717) is 12.8 Å². The summed E-state index contributed by atoms with van der Waals surface area (Å²) in [5.74, 6) is -1.13. The van der Waals surface area contributed by atoms with Crippen molar-refractivity contribution in [3.05, 3.63) is 12.2 Å². The zero-order chi connectivity index (χ0) is 10.3. The van der Waals surface area contributed by atoms with Crippen LogP contribution in [0.4, 0.5) is 0 Å². The number of carboxylic acids is 1. The number of nitrogens with zero attached hydrogens (tertiary/aromatic N) is 1. The molecule has 2 heterocycles. The predicted molar refractivity (Wildman–Crippen MR) is 49.2 cm³/mol. The van der Waals surface area contributed by atoms with Crippen molar-refractivity contribution in [2.45, 2.75) is 24.9 Å². The summed E-state index contributed by atoms with van der Waals surface area (Å²) < 4.78 is 24.3. The first-order valence-electron chi connectivity index (χ1n) is 4.43. The van der Waals surface area contributed by atoms with Crippen LogP contribution in [0.1, 0.15) is 12.8 Å². The molecule has 2 aliphatic heterocycles. The van der Waals surface area contributed by atoms with Gasteiger partial charge in [-0.2, -0.15) is 4.31 Å². The van der Waals surface area contributed by atoms with Crippen LogP contribution in [-0.4, -0.2) is 41.6 Å². The first kappa shape index (κ1) is 9.67. The SMILES string of the molecule is O=C(O)[C@@H]1CC[C@H]2C=CCS(=O)(=O)N21. The molecule has 78 valence electrons. The molecule has 1 fully saturated rings. The lowest BCUT2D eigenvalue weighted by atomic mass is 10.2. The first-order chi connectivity index (χ1) is 6.52. The molecule has 6 heteroatoms. The quantitative estimate of drug-likeness (QED) is 0.617. The van der Waals surface area contributed by atoms with Crippen molar-refractivity contribution in [2.24, 2.45) is 0 Å². The van der Waals surface area contributed by atoms with E-state index >= 15 is 0 Å². The Bertz CT molecular complexity index is 386. The van der Waals surface area contributed by atoms with Gasteiger partial charge in [0.15, 0.2) is 0 Å².